The van der Waals surface area contributed by atoms with Crippen LogP contribution in [0.3, 0.4) is 0 Å². The fourth-order valence-corrected chi connectivity index (χ4v) is 5.21. The average molecular weight is 646 g/mol. The molecule has 0 saturated carbocycles. The van der Waals surface area contributed by atoms with Gasteiger partial charge in [0.2, 0.25) is 11.8 Å². The number of carbonyl (C=O) groups is 4. The van der Waals surface area contributed by atoms with Crippen LogP contribution < -0.4 is 10.1 Å². The largest absolute Gasteiger partial charge is 0.472 e. The van der Waals surface area contributed by atoms with Crippen molar-refractivity contribution in [2.75, 3.05) is 39.4 Å². The minimum atomic E-state index is -1.05. The molecule has 2 aliphatic heterocycles. The topological polar surface area (TPSA) is 160 Å². The van der Waals surface area contributed by atoms with E-state index in [9.17, 15) is 24.3 Å². The van der Waals surface area contributed by atoms with Crippen molar-refractivity contribution in [1.29, 1.82) is 0 Å². The highest BCUT2D eigenvalue weighted by atomic mass is 16.6. The van der Waals surface area contributed by atoms with Crippen LogP contribution in [0.4, 0.5) is 4.79 Å². The van der Waals surface area contributed by atoms with Gasteiger partial charge in [0, 0.05) is 50.7 Å². The fourth-order valence-electron chi connectivity index (χ4n) is 5.21. The lowest BCUT2D eigenvalue weighted by Gasteiger charge is -2.35. The molecule has 1 unspecified atom stereocenters. The zero-order chi connectivity index (χ0) is 33.6. The Balaban J connectivity index is 1.40. The molecule has 2 fully saturated rings. The number of nitrogens with zero attached hydrogens (tertiary/aromatic N) is 4. The molecule has 2 aromatic carbocycles. The molecule has 5 rings (SSSR count). The fraction of sp³-hybridized carbons (Fsp3) is 0.412. The first-order chi connectivity index (χ1) is 22.4. The minimum absolute atomic E-state index is 0.0153. The lowest BCUT2D eigenvalue weighted by atomic mass is 10.0. The second-order valence-electron chi connectivity index (χ2n) is 12.4. The second-order valence-corrected chi connectivity index (χ2v) is 12.4. The van der Waals surface area contributed by atoms with Crippen LogP contribution in [-0.4, -0.2) is 106 Å². The molecule has 0 radical (unpaired) electrons. The van der Waals surface area contributed by atoms with Crippen LogP contribution in [0.2, 0.25) is 0 Å². The molecule has 248 valence electrons. The Morgan fingerprint density at radius 3 is 2.28 bits per heavy atom. The van der Waals surface area contributed by atoms with Gasteiger partial charge in [-0.05, 0) is 38.5 Å². The van der Waals surface area contributed by atoms with Crippen molar-refractivity contribution in [2.24, 2.45) is 0 Å². The van der Waals surface area contributed by atoms with Crippen LogP contribution in [0.1, 0.15) is 53.6 Å². The van der Waals surface area contributed by atoms with Gasteiger partial charge in [-0.25, -0.2) is 14.6 Å². The van der Waals surface area contributed by atoms with Gasteiger partial charge in [0.15, 0.2) is 5.82 Å². The third kappa shape index (κ3) is 9.03. The van der Waals surface area contributed by atoms with Crippen molar-refractivity contribution in [3.8, 4) is 17.3 Å². The summed E-state index contributed by atoms with van der Waals surface area (Å²) in [5.74, 6) is -0.939. The van der Waals surface area contributed by atoms with Gasteiger partial charge in [-0.1, -0.05) is 42.5 Å². The van der Waals surface area contributed by atoms with Gasteiger partial charge in [-0.2, -0.15) is 4.98 Å². The van der Waals surface area contributed by atoms with Gasteiger partial charge in [-0.15, -0.1) is 0 Å². The van der Waals surface area contributed by atoms with Gasteiger partial charge in [0.05, 0.1) is 18.8 Å². The molecule has 13 nitrogen and oxygen atoms in total. The normalized spacial score (nSPS) is 17.1. The zero-order valence-corrected chi connectivity index (χ0v) is 26.7. The van der Waals surface area contributed by atoms with Crippen LogP contribution in [0, 0.1) is 0 Å². The van der Waals surface area contributed by atoms with E-state index in [1.807, 2.05) is 30.3 Å². The SMILES string of the molecule is CC(C)(C)OC(=O)c1ccc(C[C@H](NC(=O)c2cc(OC3CCOC3)nc(-c3ccccc3)n2)C(=O)N2CCN(C(=O)O)CC2)cc1. The number of rotatable bonds is 9. The van der Waals surface area contributed by atoms with Gasteiger partial charge in [0.25, 0.3) is 5.91 Å². The Morgan fingerprint density at radius 2 is 1.66 bits per heavy atom. The van der Waals surface area contributed by atoms with E-state index in [2.05, 4.69) is 15.3 Å². The van der Waals surface area contributed by atoms with Crippen LogP contribution in [-0.2, 0) is 20.7 Å². The number of amides is 3. The average Bonchev–Trinajstić information content (AvgIpc) is 3.57. The Bertz CT molecular complexity index is 1580. The van der Waals surface area contributed by atoms with Crippen LogP contribution in [0.15, 0.2) is 60.7 Å². The third-order valence-electron chi connectivity index (χ3n) is 7.64. The Labute approximate surface area is 272 Å². The number of esters is 1. The number of hydrogen-bond donors (Lipinski definition) is 2. The molecule has 3 amide bonds. The Hall–Kier alpha value is -5.04. The molecule has 2 aliphatic rings. The number of hydrogen-bond acceptors (Lipinski definition) is 9. The molecule has 13 heteroatoms. The second kappa shape index (κ2) is 14.6. The summed E-state index contributed by atoms with van der Waals surface area (Å²) < 4.78 is 16.9. The standard InChI is InChI=1S/C34H39N5O8/c1-34(2,3)47-32(42)24-11-9-22(10-12-24)19-27(31(41)38-14-16-39(17-15-38)33(43)44)36-30(40)26-20-28(46-25-13-18-45-21-25)37-29(35-26)23-7-5-4-6-8-23/h4-12,20,25,27H,13-19,21H2,1-3H3,(H,36,40)(H,43,44)/t25?,27-/m0/s1. The highest BCUT2D eigenvalue weighted by Crippen LogP contribution is 2.22. The van der Waals surface area contributed by atoms with E-state index in [4.69, 9.17) is 14.2 Å². The van der Waals surface area contributed by atoms with E-state index in [-0.39, 0.29) is 62.0 Å². The first-order valence-corrected chi connectivity index (χ1v) is 15.5. The molecular formula is C34H39N5O8. The zero-order valence-electron chi connectivity index (χ0n) is 26.7. The van der Waals surface area contributed by atoms with E-state index in [0.717, 1.165) is 0 Å². The van der Waals surface area contributed by atoms with Crippen molar-refractivity contribution in [3.63, 3.8) is 0 Å². The molecule has 1 aromatic heterocycles. The summed E-state index contributed by atoms with van der Waals surface area (Å²) in [6.45, 7) is 7.01. The van der Waals surface area contributed by atoms with Crippen LogP contribution >= 0.6 is 0 Å². The molecule has 47 heavy (non-hydrogen) atoms. The predicted octanol–water partition coefficient (Wildman–Crippen LogP) is 3.43. The molecule has 3 aromatic rings. The molecule has 2 N–H and O–H groups in total. The van der Waals surface area contributed by atoms with E-state index < -0.39 is 29.6 Å². The summed E-state index contributed by atoms with van der Waals surface area (Å²) in [4.78, 5) is 63.5. The monoisotopic (exact) mass is 645 g/mol. The molecule has 0 spiro atoms. The lowest BCUT2D eigenvalue weighted by Crippen LogP contribution is -2.56. The minimum Gasteiger partial charge on any atom is -0.472 e. The van der Waals surface area contributed by atoms with Crippen LogP contribution in [0.25, 0.3) is 11.4 Å². The van der Waals surface area contributed by atoms with E-state index >= 15 is 0 Å². The van der Waals surface area contributed by atoms with Crippen LogP contribution in [0.5, 0.6) is 5.88 Å². The Kier molecular flexibility index (Phi) is 10.3. The highest BCUT2D eigenvalue weighted by molar-refractivity contribution is 5.97. The van der Waals surface area contributed by atoms with Crippen molar-refractivity contribution in [3.05, 3.63) is 77.5 Å². The molecule has 2 saturated heterocycles. The first-order valence-electron chi connectivity index (χ1n) is 15.5. The van der Waals surface area contributed by atoms with Gasteiger partial charge < -0.3 is 34.4 Å². The van der Waals surface area contributed by atoms with E-state index in [0.29, 0.717) is 36.3 Å². The van der Waals surface area contributed by atoms with Crippen molar-refractivity contribution >= 4 is 23.9 Å². The van der Waals surface area contributed by atoms with Crippen molar-refractivity contribution < 1.29 is 38.5 Å². The first kappa shape index (κ1) is 33.3. The number of ether oxygens (including phenoxy) is 3. The number of carboxylic acid groups (broad SMARTS) is 1. The lowest BCUT2D eigenvalue weighted by molar-refractivity contribution is -0.134. The maximum atomic E-state index is 13.9. The summed E-state index contributed by atoms with van der Waals surface area (Å²) in [5.41, 5.74) is 1.09. The number of piperazine rings is 1. The Morgan fingerprint density at radius 1 is 0.979 bits per heavy atom. The summed E-state index contributed by atoms with van der Waals surface area (Å²) in [7, 11) is 0. The summed E-state index contributed by atoms with van der Waals surface area (Å²) in [5, 5.41) is 12.2. The summed E-state index contributed by atoms with van der Waals surface area (Å²) in [6.07, 6.45) is -0.471. The molecular weight excluding hydrogens is 606 g/mol. The molecule has 3 heterocycles. The smallest absolute Gasteiger partial charge is 0.407 e. The van der Waals surface area contributed by atoms with Crippen molar-refractivity contribution in [1.82, 2.24) is 25.1 Å². The summed E-state index contributed by atoms with van der Waals surface area (Å²) in [6, 6.07) is 16.3. The highest BCUT2D eigenvalue weighted by Gasteiger charge is 2.31. The number of benzene rings is 2. The third-order valence-corrected chi connectivity index (χ3v) is 7.64. The molecule has 0 aliphatic carbocycles. The van der Waals surface area contributed by atoms with Crippen molar-refractivity contribution in [2.45, 2.75) is 51.4 Å². The maximum absolute atomic E-state index is 13.9. The molecule has 0 bridgehead atoms. The quantitative estimate of drug-likeness (QED) is 0.330. The van der Waals surface area contributed by atoms with Gasteiger partial charge in [-0.3, -0.25) is 9.59 Å². The maximum Gasteiger partial charge on any atom is 0.407 e. The number of aromatic nitrogens is 2. The van der Waals surface area contributed by atoms with E-state index in [1.54, 1.807) is 49.9 Å². The van der Waals surface area contributed by atoms with Gasteiger partial charge >= 0.3 is 12.1 Å². The predicted molar refractivity (Wildman–Crippen MR) is 170 cm³/mol. The number of carbonyl (C=O) groups excluding carboxylic acids is 3. The molecule has 2 atom stereocenters. The van der Waals surface area contributed by atoms with E-state index in [1.165, 1.54) is 11.0 Å². The summed E-state index contributed by atoms with van der Waals surface area (Å²) >= 11 is 0. The van der Waals surface area contributed by atoms with Gasteiger partial charge in [0.1, 0.15) is 23.4 Å². The number of nitrogens with one attached hydrogen (secondary N) is 1.